The van der Waals surface area contributed by atoms with Crippen LogP contribution in [-0.2, 0) is 19.1 Å². The Labute approximate surface area is 170 Å². The SMILES string of the molecule is C=C(SCC(NO)C1C(=O)N2C(C(=O)O)=C(COC(C)=O)CSC12)C(C)C#N. The quantitative estimate of drug-likeness (QED) is 0.279. The van der Waals surface area contributed by atoms with Crippen LogP contribution in [0.3, 0.4) is 0 Å². The molecule has 1 saturated heterocycles. The summed E-state index contributed by atoms with van der Waals surface area (Å²) in [4.78, 5) is 37.2. The fourth-order valence-corrected chi connectivity index (χ4v) is 5.31. The van der Waals surface area contributed by atoms with Crippen LogP contribution in [0.4, 0.5) is 0 Å². The van der Waals surface area contributed by atoms with Crippen molar-refractivity contribution in [3.8, 4) is 6.07 Å². The number of thioether (sulfide) groups is 2. The first-order chi connectivity index (χ1) is 13.2. The molecule has 0 saturated carbocycles. The van der Waals surface area contributed by atoms with Crippen LogP contribution in [-0.4, -0.2) is 62.6 Å². The average molecular weight is 428 g/mol. The summed E-state index contributed by atoms with van der Waals surface area (Å²) in [5.74, 6) is -2.63. The topological polar surface area (TPSA) is 140 Å². The largest absolute Gasteiger partial charge is 0.477 e. The normalized spacial score (nSPS) is 23.2. The highest BCUT2D eigenvalue weighted by atomic mass is 32.2. The van der Waals surface area contributed by atoms with Gasteiger partial charge in [-0.3, -0.25) is 14.5 Å². The summed E-state index contributed by atoms with van der Waals surface area (Å²) >= 11 is 2.63. The molecule has 11 heteroatoms. The van der Waals surface area contributed by atoms with Gasteiger partial charge >= 0.3 is 11.9 Å². The lowest BCUT2D eigenvalue weighted by atomic mass is 9.89. The first kappa shape index (κ1) is 22.3. The molecule has 2 aliphatic rings. The lowest BCUT2D eigenvalue weighted by molar-refractivity contribution is -0.155. The van der Waals surface area contributed by atoms with E-state index in [9.17, 15) is 24.7 Å². The fourth-order valence-electron chi connectivity index (χ4n) is 2.87. The Balaban J connectivity index is 2.13. The summed E-state index contributed by atoms with van der Waals surface area (Å²) in [7, 11) is 0. The maximum absolute atomic E-state index is 12.7. The van der Waals surface area contributed by atoms with Crippen LogP contribution in [0.5, 0.6) is 0 Å². The highest BCUT2D eigenvalue weighted by molar-refractivity contribution is 8.03. The highest BCUT2D eigenvalue weighted by Crippen LogP contribution is 2.45. The van der Waals surface area contributed by atoms with Crippen LogP contribution in [0.15, 0.2) is 22.8 Å². The zero-order chi connectivity index (χ0) is 21.0. The van der Waals surface area contributed by atoms with E-state index in [1.165, 1.54) is 35.3 Å². The summed E-state index contributed by atoms with van der Waals surface area (Å²) in [5, 5.41) is 27.6. The maximum Gasteiger partial charge on any atom is 0.352 e. The van der Waals surface area contributed by atoms with Crippen molar-refractivity contribution in [1.29, 1.82) is 5.26 Å². The second-order valence-electron chi connectivity index (χ2n) is 6.34. The number of rotatable bonds is 9. The molecule has 0 spiro atoms. The van der Waals surface area contributed by atoms with Crippen molar-refractivity contribution in [3.05, 3.63) is 22.8 Å². The van der Waals surface area contributed by atoms with Crippen molar-refractivity contribution in [2.75, 3.05) is 18.1 Å². The third kappa shape index (κ3) is 4.52. The van der Waals surface area contributed by atoms with Gasteiger partial charge < -0.3 is 15.1 Å². The first-order valence-corrected chi connectivity index (χ1v) is 10.4. The Hall–Kier alpha value is -2.00. The molecular weight excluding hydrogens is 406 g/mol. The van der Waals surface area contributed by atoms with Crippen LogP contribution in [0.25, 0.3) is 0 Å². The minimum Gasteiger partial charge on any atom is -0.477 e. The standard InChI is InChI=1S/C17H21N3O6S2/c1-8(4-18)9(2)27-7-12(19-25)13-15(22)20-14(17(23)24)11(5-26-10(3)21)6-28-16(13)20/h8,12-13,16,19,25H,2,5-7H2,1,3H3,(H,23,24). The number of nitrogens with one attached hydrogen (secondary N) is 1. The van der Waals surface area contributed by atoms with E-state index in [1.807, 2.05) is 0 Å². The van der Waals surface area contributed by atoms with Crippen LogP contribution in [0.2, 0.25) is 0 Å². The number of carboxylic acids is 1. The van der Waals surface area contributed by atoms with Crippen molar-refractivity contribution in [2.45, 2.75) is 25.3 Å². The van der Waals surface area contributed by atoms with E-state index in [2.05, 4.69) is 18.1 Å². The molecule has 0 radical (unpaired) electrons. The minimum absolute atomic E-state index is 0.168. The second kappa shape index (κ2) is 9.47. The van der Waals surface area contributed by atoms with Gasteiger partial charge in [-0.1, -0.05) is 6.58 Å². The number of ether oxygens (including phenoxy) is 1. The van der Waals surface area contributed by atoms with Gasteiger partial charge in [0, 0.05) is 24.0 Å². The monoisotopic (exact) mass is 427 g/mol. The molecule has 152 valence electrons. The molecule has 0 aromatic carbocycles. The molecule has 1 amide bonds. The van der Waals surface area contributed by atoms with Crippen molar-refractivity contribution < 1.29 is 29.4 Å². The smallest absolute Gasteiger partial charge is 0.352 e. The number of amides is 1. The lowest BCUT2D eigenvalue weighted by Gasteiger charge is -2.51. The van der Waals surface area contributed by atoms with Crippen LogP contribution < -0.4 is 5.48 Å². The maximum atomic E-state index is 12.7. The Kier molecular flexibility index (Phi) is 7.54. The number of hydrogen-bond donors (Lipinski definition) is 3. The van der Waals surface area contributed by atoms with E-state index >= 15 is 0 Å². The predicted molar refractivity (Wildman–Crippen MR) is 103 cm³/mol. The Morgan fingerprint density at radius 1 is 1.57 bits per heavy atom. The van der Waals surface area contributed by atoms with Crippen molar-refractivity contribution >= 4 is 41.4 Å². The molecule has 2 aliphatic heterocycles. The summed E-state index contributed by atoms with van der Waals surface area (Å²) < 4.78 is 4.89. The molecule has 0 aromatic rings. The van der Waals surface area contributed by atoms with E-state index in [-0.39, 0.29) is 18.2 Å². The van der Waals surface area contributed by atoms with Gasteiger partial charge in [-0.05, 0) is 11.8 Å². The number of fused-ring (bicyclic) bond motifs is 1. The number of esters is 1. The number of hydroxylamine groups is 1. The number of carboxylic acid groups (broad SMARTS) is 1. The van der Waals surface area contributed by atoms with Gasteiger partial charge in [0.2, 0.25) is 5.91 Å². The lowest BCUT2D eigenvalue weighted by Crippen LogP contribution is -2.67. The van der Waals surface area contributed by atoms with Gasteiger partial charge in [-0.2, -0.15) is 5.26 Å². The summed E-state index contributed by atoms with van der Waals surface area (Å²) in [5.41, 5.74) is 2.32. The Bertz CT molecular complexity index is 762. The number of β-lactam (4-membered cyclic amide) rings is 1. The van der Waals surface area contributed by atoms with E-state index < -0.39 is 35.2 Å². The summed E-state index contributed by atoms with van der Waals surface area (Å²) in [6, 6.07) is 1.44. The molecule has 0 bridgehead atoms. The molecule has 0 aromatic heterocycles. The summed E-state index contributed by atoms with van der Waals surface area (Å²) in [6.45, 7) is 6.56. The van der Waals surface area contributed by atoms with Gasteiger partial charge in [0.25, 0.3) is 0 Å². The molecule has 4 atom stereocenters. The van der Waals surface area contributed by atoms with E-state index in [4.69, 9.17) is 10.00 Å². The van der Waals surface area contributed by atoms with E-state index in [0.29, 0.717) is 22.0 Å². The Morgan fingerprint density at radius 2 is 2.25 bits per heavy atom. The molecule has 9 nitrogen and oxygen atoms in total. The van der Waals surface area contributed by atoms with Crippen molar-refractivity contribution in [2.24, 2.45) is 11.8 Å². The minimum atomic E-state index is -1.27. The number of carbonyl (C=O) groups is 3. The molecule has 1 fully saturated rings. The number of nitrogens with zero attached hydrogens (tertiary/aromatic N) is 2. The van der Waals surface area contributed by atoms with Crippen molar-refractivity contribution in [3.63, 3.8) is 0 Å². The summed E-state index contributed by atoms with van der Waals surface area (Å²) in [6.07, 6.45) is 0. The van der Waals surface area contributed by atoms with Gasteiger partial charge in [0.1, 0.15) is 12.3 Å². The predicted octanol–water partition coefficient (Wildman–Crippen LogP) is 1.17. The Morgan fingerprint density at radius 3 is 2.79 bits per heavy atom. The highest BCUT2D eigenvalue weighted by Gasteiger charge is 2.56. The first-order valence-electron chi connectivity index (χ1n) is 8.37. The molecular formula is C17H21N3O6S2. The van der Waals surface area contributed by atoms with Crippen LogP contribution in [0.1, 0.15) is 13.8 Å². The molecule has 28 heavy (non-hydrogen) atoms. The van der Waals surface area contributed by atoms with Gasteiger partial charge in [-0.25, -0.2) is 10.3 Å². The molecule has 0 aliphatic carbocycles. The molecule has 2 rings (SSSR count). The van der Waals surface area contributed by atoms with Crippen LogP contribution >= 0.6 is 23.5 Å². The molecule has 4 unspecified atom stereocenters. The van der Waals surface area contributed by atoms with E-state index in [1.54, 1.807) is 6.92 Å². The van der Waals surface area contributed by atoms with Gasteiger partial charge in [-0.15, -0.1) is 23.5 Å². The van der Waals surface area contributed by atoms with Crippen molar-refractivity contribution in [1.82, 2.24) is 10.4 Å². The van der Waals surface area contributed by atoms with Gasteiger partial charge in [0.15, 0.2) is 0 Å². The third-order valence-corrected chi connectivity index (χ3v) is 7.08. The fraction of sp³-hybridized carbons (Fsp3) is 0.529. The van der Waals surface area contributed by atoms with Crippen LogP contribution in [0, 0.1) is 23.2 Å². The number of hydrogen-bond acceptors (Lipinski definition) is 9. The number of allylic oxidation sites excluding steroid dienone is 1. The zero-order valence-corrected chi connectivity index (χ0v) is 17.0. The number of carbonyl (C=O) groups excluding carboxylic acids is 2. The average Bonchev–Trinajstić information content (AvgIpc) is 2.67. The third-order valence-electron chi connectivity index (χ3n) is 4.46. The van der Waals surface area contributed by atoms with Gasteiger partial charge in [0.05, 0.1) is 29.3 Å². The van der Waals surface area contributed by atoms with E-state index in [0.717, 1.165) is 0 Å². The molecule has 3 N–H and O–H groups in total. The number of nitriles is 1. The zero-order valence-electron chi connectivity index (χ0n) is 15.4. The number of aliphatic carboxylic acids is 1. The second-order valence-corrected chi connectivity index (χ2v) is 8.59. The molecule has 2 heterocycles.